The highest BCUT2D eigenvalue weighted by Crippen LogP contribution is 2.26. The number of aryl methyl sites for hydroxylation is 3. The number of sulfonamides is 1. The van der Waals surface area contributed by atoms with Gasteiger partial charge in [-0.2, -0.15) is 0 Å². The number of hydrogen-bond donors (Lipinski definition) is 1. The predicted octanol–water partition coefficient (Wildman–Crippen LogP) is 6.26. The molecule has 0 radical (unpaired) electrons. The summed E-state index contributed by atoms with van der Waals surface area (Å²) in [5, 5.41) is 1.58. The summed E-state index contributed by atoms with van der Waals surface area (Å²) >= 11 is 9.50. The number of amides is 1. The first-order chi connectivity index (χ1) is 16.7. The third kappa shape index (κ3) is 5.72. The number of carbonyl (C=O) groups excluding carboxylic acids is 1. The van der Waals surface area contributed by atoms with Crippen molar-refractivity contribution in [1.82, 2.24) is 9.29 Å². The number of halogens is 2. The largest absolute Gasteiger partial charge is 0.494 e. The normalized spacial score (nSPS) is 11.5. The zero-order chi connectivity index (χ0) is 25.2. The van der Waals surface area contributed by atoms with E-state index < -0.39 is 15.9 Å². The van der Waals surface area contributed by atoms with E-state index in [1.807, 2.05) is 54.8 Å². The number of nitrogens with zero attached hydrogens (tertiary/aromatic N) is 1. The van der Waals surface area contributed by atoms with Crippen molar-refractivity contribution < 1.29 is 17.9 Å². The Balaban J connectivity index is 1.52. The lowest BCUT2D eigenvalue weighted by molar-refractivity contribution is 0.0972. The van der Waals surface area contributed by atoms with Gasteiger partial charge in [0.2, 0.25) is 0 Å². The Morgan fingerprint density at radius 2 is 1.74 bits per heavy atom. The minimum Gasteiger partial charge on any atom is -0.494 e. The molecule has 1 amide bonds. The van der Waals surface area contributed by atoms with Crippen LogP contribution in [0.5, 0.6) is 5.75 Å². The summed E-state index contributed by atoms with van der Waals surface area (Å²) in [6.45, 7) is 4.76. The number of rotatable bonds is 8. The topological polar surface area (TPSA) is 77.4 Å². The van der Waals surface area contributed by atoms with Gasteiger partial charge in [-0.3, -0.25) is 4.79 Å². The Kier molecular flexibility index (Phi) is 7.54. The van der Waals surface area contributed by atoms with Crippen LogP contribution in [0.25, 0.3) is 10.9 Å². The van der Waals surface area contributed by atoms with E-state index in [4.69, 9.17) is 16.3 Å². The van der Waals surface area contributed by atoms with Crippen LogP contribution in [0.1, 0.15) is 28.0 Å². The van der Waals surface area contributed by atoms with Crippen molar-refractivity contribution in [1.29, 1.82) is 0 Å². The maximum atomic E-state index is 13.1. The van der Waals surface area contributed by atoms with Crippen LogP contribution in [0.4, 0.5) is 0 Å². The van der Waals surface area contributed by atoms with Crippen LogP contribution in [0.15, 0.2) is 76.1 Å². The second-order valence-corrected chi connectivity index (χ2v) is 11.2. The number of ether oxygens (including phenoxy) is 1. The molecule has 1 N–H and O–H groups in total. The van der Waals surface area contributed by atoms with Crippen molar-refractivity contribution in [3.8, 4) is 5.75 Å². The van der Waals surface area contributed by atoms with Crippen LogP contribution in [0, 0.1) is 13.8 Å². The highest BCUT2D eigenvalue weighted by atomic mass is 79.9. The van der Waals surface area contributed by atoms with E-state index >= 15 is 0 Å². The molecule has 0 atom stereocenters. The van der Waals surface area contributed by atoms with Crippen LogP contribution >= 0.6 is 27.5 Å². The van der Waals surface area contributed by atoms with E-state index in [1.165, 1.54) is 12.1 Å². The molecule has 0 aliphatic heterocycles. The van der Waals surface area contributed by atoms with E-state index in [0.717, 1.165) is 32.8 Å². The van der Waals surface area contributed by atoms with Gasteiger partial charge in [-0.25, -0.2) is 13.1 Å². The zero-order valence-electron chi connectivity index (χ0n) is 19.2. The molecule has 182 valence electrons. The van der Waals surface area contributed by atoms with Gasteiger partial charge in [-0.1, -0.05) is 51.8 Å². The molecule has 0 bridgehead atoms. The van der Waals surface area contributed by atoms with Crippen LogP contribution in [0.3, 0.4) is 0 Å². The fourth-order valence-electron chi connectivity index (χ4n) is 3.91. The van der Waals surface area contributed by atoms with Crippen molar-refractivity contribution in [2.75, 3.05) is 6.61 Å². The highest BCUT2D eigenvalue weighted by Gasteiger charge is 2.22. The van der Waals surface area contributed by atoms with Crippen molar-refractivity contribution in [3.63, 3.8) is 0 Å². The van der Waals surface area contributed by atoms with Gasteiger partial charge in [0.25, 0.3) is 15.9 Å². The van der Waals surface area contributed by atoms with Gasteiger partial charge in [0.15, 0.2) is 0 Å². The molecular weight excluding hydrogens is 552 g/mol. The quantitative estimate of drug-likeness (QED) is 0.252. The van der Waals surface area contributed by atoms with E-state index in [2.05, 4.69) is 20.7 Å². The molecule has 35 heavy (non-hydrogen) atoms. The minimum atomic E-state index is -4.04. The van der Waals surface area contributed by atoms with Crippen molar-refractivity contribution in [2.24, 2.45) is 0 Å². The Hall–Kier alpha value is -2.81. The Labute approximate surface area is 218 Å². The summed E-state index contributed by atoms with van der Waals surface area (Å²) in [6, 6.07) is 19.2. The van der Waals surface area contributed by atoms with Crippen LogP contribution in [-0.4, -0.2) is 25.5 Å². The lowest BCUT2D eigenvalue weighted by atomic mass is 10.1. The van der Waals surface area contributed by atoms with Crippen LogP contribution < -0.4 is 9.46 Å². The Morgan fingerprint density at radius 1 is 1.03 bits per heavy atom. The zero-order valence-corrected chi connectivity index (χ0v) is 22.4. The van der Waals surface area contributed by atoms with E-state index in [-0.39, 0.29) is 10.6 Å². The number of fused-ring (bicyclic) bond motifs is 1. The first-order valence-corrected chi connectivity index (χ1v) is 13.6. The molecule has 0 unspecified atom stereocenters. The molecule has 4 rings (SSSR count). The SMILES string of the molecule is Cc1cc(OCCCn2c(C(=O)NS(=O)(=O)c3cccc(Br)c3)cc3ccccc32)cc(C)c1Cl. The van der Waals surface area contributed by atoms with Gasteiger partial charge >= 0.3 is 0 Å². The number of aromatic nitrogens is 1. The number of benzene rings is 3. The Morgan fingerprint density at radius 3 is 2.46 bits per heavy atom. The van der Waals surface area contributed by atoms with Crippen LogP contribution in [0.2, 0.25) is 5.02 Å². The summed E-state index contributed by atoms with van der Waals surface area (Å²) in [5.41, 5.74) is 3.01. The molecular formula is C26H24BrClN2O4S. The van der Waals surface area contributed by atoms with Gasteiger partial charge in [0, 0.05) is 26.9 Å². The lowest BCUT2D eigenvalue weighted by Crippen LogP contribution is -2.32. The smallest absolute Gasteiger partial charge is 0.281 e. The Bertz CT molecular complexity index is 1490. The molecule has 6 nitrogen and oxygen atoms in total. The van der Waals surface area contributed by atoms with Gasteiger partial charge < -0.3 is 9.30 Å². The molecule has 1 aromatic heterocycles. The average Bonchev–Trinajstić information content (AvgIpc) is 3.19. The van der Waals surface area contributed by atoms with Gasteiger partial charge in [-0.15, -0.1) is 0 Å². The summed E-state index contributed by atoms with van der Waals surface area (Å²) in [4.78, 5) is 13.1. The maximum Gasteiger partial charge on any atom is 0.281 e. The average molecular weight is 576 g/mol. The van der Waals surface area contributed by atoms with Gasteiger partial charge in [0.1, 0.15) is 11.4 Å². The van der Waals surface area contributed by atoms with Gasteiger partial charge in [0.05, 0.1) is 11.5 Å². The molecule has 4 aromatic rings. The third-order valence-corrected chi connectivity index (χ3v) is 8.00. The highest BCUT2D eigenvalue weighted by molar-refractivity contribution is 9.10. The minimum absolute atomic E-state index is 0.00448. The van der Waals surface area contributed by atoms with Crippen molar-refractivity contribution >= 4 is 54.4 Å². The van der Waals surface area contributed by atoms with E-state index in [1.54, 1.807) is 18.2 Å². The number of para-hydroxylation sites is 1. The van der Waals surface area contributed by atoms with E-state index in [9.17, 15) is 13.2 Å². The fraction of sp³-hybridized carbons (Fsp3) is 0.192. The number of hydrogen-bond acceptors (Lipinski definition) is 4. The first-order valence-electron chi connectivity index (χ1n) is 11.0. The molecule has 0 aliphatic rings. The lowest BCUT2D eigenvalue weighted by Gasteiger charge is -2.13. The molecule has 9 heteroatoms. The first kappa shape index (κ1) is 25.3. The molecule has 0 saturated heterocycles. The fourth-order valence-corrected chi connectivity index (χ4v) is 5.58. The predicted molar refractivity (Wildman–Crippen MR) is 142 cm³/mol. The molecule has 0 saturated carbocycles. The standard InChI is InChI=1S/C26H24BrClN2O4S/c1-17-13-21(14-18(2)25(17)28)34-12-6-11-30-23-10-4-3-7-19(23)15-24(30)26(31)29-35(32,33)22-9-5-8-20(27)16-22/h3-5,7-10,13-16H,6,11-12H2,1-2H3,(H,29,31). The summed E-state index contributed by atoms with van der Waals surface area (Å²) in [7, 11) is -4.04. The summed E-state index contributed by atoms with van der Waals surface area (Å²) in [5.74, 6) is 0.0471. The van der Waals surface area contributed by atoms with Crippen molar-refractivity contribution in [3.05, 3.63) is 93.0 Å². The molecule has 0 spiro atoms. The molecule has 3 aromatic carbocycles. The second-order valence-electron chi connectivity index (χ2n) is 8.21. The van der Waals surface area contributed by atoms with Gasteiger partial charge in [-0.05, 0) is 73.9 Å². The third-order valence-electron chi connectivity index (χ3n) is 5.58. The monoisotopic (exact) mass is 574 g/mol. The summed E-state index contributed by atoms with van der Waals surface area (Å²) < 4.78 is 36.1. The molecule has 0 aliphatic carbocycles. The molecule has 1 heterocycles. The number of carbonyl (C=O) groups is 1. The summed E-state index contributed by atoms with van der Waals surface area (Å²) in [6.07, 6.45) is 0.609. The number of nitrogens with one attached hydrogen (secondary N) is 1. The second kappa shape index (κ2) is 10.4. The maximum absolute atomic E-state index is 13.1. The van der Waals surface area contributed by atoms with E-state index in [0.29, 0.717) is 24.0 Å². The molecule has 0 fully saturated rings. The van der Waals surface area contributed by atoms with Crippen molar-refractivity contribution in [2.45, 2.75) is 31.7 Å². The van der Waals surface area contributed by atoms with Crippen LogP contribution in [-0.2, 0) is 16.6 Å².